The van der Waals surface area contributed by atoms with Crippen molar-refractivity contribution in [3.05, 3.63) is 0 Å². The van der Waals surface area contributed by atoms with E-state index in [1.807, 2.05) is 6.92 Å². The molecule has 94 valence electrons. The molecule has 0 bridgehead atoms. The van der Waals surface area contributed by atoms with Gasteiger partial charge in [-0.3, -0.25) is 4.79 Å². The van der Waals surface area contributed by atoms with Crippen molar-refractivity contribution < 1.29 is 24.2 Å². The number of carboxylic acid groups (broad SMARTS) is 1. The summed E-state index contributed by atoms with van der Waals surface area (Å²) in [5, 5.41) is 11.1. The molecule has 6 heteroatoms. The van der Waals surface area contributed by atoms with Crippen molar-refractivity contribution >= 4 is 11.9 Å². The Labute approximate surface area is 94.9 Å². The average molecular weight is 233 g/mol. The Hall–Kier alpha value is -1.14. The Kier molecular flexibility index (Phi) is 7.49. The highest BCUT2D eigenvalue weighted by Crippen LogP contribution is 1.95. The van der Waals surface area contributed by atoms with Gasteiger partial charge in [0.1, 0.15) is 0 Å². The van der Waals surface area contributed by atoms with E-state index in [1.54, 1.807) is 6.92 Å². The first kappa shape index (κ1) is 14.9. The first-order valence-corrected chi connectivity index (χ1v) is 5.16. The minimum absolute atomic E-state index is 0.0663. The van der Waals surface area contributed by atoms with Gasteiger partial charge in [-0.15, -0.1) is 0 Å². The zero-order chi connectivity index (χ0) is 12.6. The number of hydrogen-bond acceptors (Lipinski definition) is 4. The highest BCUT2D eigenvalue weighted by molar-refractivity contribution is 5.82. The first-order chi connectivity index (χ1) is 7.47. The van der Waals surface area contributed by atoms with Gasteiger partial charge < -0.3 is 19.9 Å². The van der Waals surface area contributed by atoms with Gasteiger partial charge in [-0.05, 0) is 13.8 Å². The Morgan fingerprint density at radius 2 is 2.00 bits per heavy atom. The molecule has 2 N–H and O–H groups in total. The van der Waals surface area contributed by atoms with E-state index in [0.29, 0.717) is 13.2 Å². The summed E-state index contributed by atoms with van der Waals surface area (Å²) >= 11 is 0. The lowest BCUT2D eigenvalue weighted by Gasteiger charge is -2.17. The summed E-state index contributed by atoms with van der Waals surface area (Å²) in [6, 6.07) is -1.01. The molecule has 0 rings (SSSR count). The van der Waals surface area contributed by atoms with E-state index in [4.69, 9.17) is 14.6 Å². The highest BCUT2D eigenvalue weighted by atomic mass is 16.5. The van der Waals surface area contributed by atoms with E-state index >= 15 is 0 Å². The van der Waals surface area contributed by atoms with Gasteiger partial charge in [0, 0.05) is 13.5 Å². The molecule has 0 fully saturated rings. The van der Waals surface area contributed by atoms with Crippen molar-refractivity contribution in [3.8, 4) is 0 Å². The molecule has 16 heavy (non-hydrogen) atoms. The van der Waals surface area contributed by atoms with Crippen LogP contribution < -0.4 is 5.32 Å². The van der Waals surface area contributed by atoms with Crippen LogP contribution in [-0.2, 0) is 19.1 Å². The summed E-state index contributed by atoms with van der Waals surface area (Å²) in [6.07, 6.45) is -0.199. The molecule has 0 radical (unpaired) electrons. The number of hydrogen-bond donors (Lipinski definition) is 2. The summed E-state index contributed by atoms with van der Waals surface area (Å²) in [6.45, 7) is 5.83. The fourth-order valence-corrected chi connectivity index (χ4v) is 1.01. The molecule has 6 nitrogen and oxygen atoms in total. The number of ether oxygens (including phenoxy) is 2. The number of nitrogens with one attached hydrogen (secondary N) is 1. The van der Waals surface area contributed by atoms with Crippen LogP contribution in [-0.4, -0.2) is 48.9 Å². The monoisotopic (exact) mass is 233 g/mol. The van der Waals surface area contributed by atoms with Gasteiger partial charge in [0.25, 0.3) is 0 Å². The van der Waals surface area contributed by atoms with Crippen LogP contribution in [0.3, 0.4) is 0 Å². The van der Waals surface area contributed by atoms with E-state index in [1.165, 1.54) is 6.92 Å². The second-order valence-electron chi connectivity index (χ2n) is 3.39. The van der Waals surface area contributed by atoms with E-state index in [0.717, 1.165) is 0 Å². The molecule has 0 aromatic carbocycles. The third kappa shape index (κ3) is 7.19. The van der Waals surface area contributed by atoms with E-state index < -0.39 is 17.9 Å². The molecule has 0 saturated heterocycles. The second-order valence-corrected chi connectivity index (χ2v) is 3.39. The summed E-state index contributed by atoms with van der Waals surface area (Å²) in [5.41, 5.74) is 0. The van der Waals surface area contributed by atoms with Gasteiger partial charge in [0.15, 0.2) is 6.04 Å². The van der Waals surface area contributed by atoms with Crippen LogP contribution in [0.5, 0.6) is 0 Å². The predicted molar refractivity (Wildman–Crippen MR) is 57.1 cm³/mol. The van der Waals surface area contributed by atoms with Crippen molar-refractivity contribution in [2.24, 2.45) is 0 Å². The Balaban J connectivity index is 3.92. The Morgan fingerprint density at radius 3 is 2.44 bits per heavy atom. The molecule has 0 aliphatic carbocycles. The molecule has 0 saturated carbocycles. The fraction of sp³-hybridized carbons (Fsp3) is 0.800. The molecule has 0 aromatic rings. The number of amides is 1. The number of carboxylic acids is 1. The van der Waals surface area contributed by atoms with Gasteiger partial charge in [0.2, 0.25) is 5.91 Å². The lowest BCUT2D eigenvalue weighted by Crippen LogP contribution is -2.43. The van der Waals surface area contributed by atoms with Crippen molar-refractivity contribution in [2.75, 3.05) is 19.8 Å². The number of carbonyl (C=O) groups excluding carboxylic acids is 1. The third-order valence-electron chi connectivity index (χ3n) is 1.78. The standard InChI is InChI=1S/C10H19NO5/c1-4-15-5-7(2)16-6-9(10(13)14)11-8(3)12/h7,9H,4-6H2,1-3H3,(H,11,12)(H,13,14). The Bertz CT molecular complexity index is 231. The minimum atomic E-state index is -1.11. The summed E-state index contributed by atoms with van der Waals surface area (Å²) < 4.78 is 10.4. The van der Waals surface area contributed by atoms with Gasteiger partial charge in [-0.2, -0.15) is 0 Å². The van der Waals surface area contributed by atoms with Gasteiger partial charge in [-0.25, -0.2) is 4.79 Å². The van der Waals surface area contributed by atoms with Gasteiger partial charge >= 0.3 is 5.97 Å². The predicted octanol–water partition coefficient (Wildman–Crippen LogP) is 0.0173. The second kappa shape index (κ2) is 8.06. The van der Waals surface area contributed by atoms with E-state index in [9.17, 15) is 9.59 Å². The van der Waals surface area contributed by atoms with Crippen LogP contribution in [0.4, 0.5) is 0 Å². The van der Waals surface area contributed by atoms with Gasteiger partial charge in [0.05, 0.1) is 19.3 Å². The zero-order valence-corrected chi connectivity index (χ0v) is 9.86. The van der Waals surface area contributed by atoms with Crippen LogP contribution in [0, 0.1) is 0 Å². The third-order valence-corrected chi connectivity index (χ3v) is 1.78. The molecule has 1 amide bonds. The van der Waals surface area contributed by atoms with E-state index in [-0.39, 0.29) is 12.7 Å². The molecule has 0 aromatic heterocycles. The average Bonchev–Trinajstić information content (AvgIpc) is 2.20. The normalized spacial score (nSPS) is 14.2. The molecular formula is C10H19NO5. The fourth-order valence-electron chi connectivity index (χ4n) is 1.01. The lowest BCUT2D eigenvalue weighted by atomic mass is 10.3. The largest absolute Gasteiger partial charge is 0.480 e. The molecule has 0 heterocycles. The number of aliphatic carboxylic acids is 1. The van der Waals surface area contributed by atoms with Crippen LogP contribution >= 0.6 is 0 Å². The van der Waals surface area contributed by atoms with Crippen molar-refractivity contribution in [2.45, 2.75) is 32.9 Å². The summed E-state index contributed by atoms with van der Waals surface area (Å²) in [7, 11) is 0. The number of carbonyl (C=O) groups is 2. The Morgan fingerprint density at radius 1 is 1.38 bits per heavy atom. The van der Waals surface area contributed by atoms with Crippen LogP contribution in [0.15, 0.2) is 0 Å². The van der Waals surface area contributed by atoms with Crippen LogP contribution in [0.25, 0.3) is 0 Å². The van der Waals surface area contributed by atoms with Crippen molar-refractivity contribution in [1.29, 1.82) is 0 Å². The number of rotatable bonds is 8. The maximum absolute atomic E-state index is 10.7. The van der Waals surface area contributed by atoms with E-state index in [2.05, 4.69) is 5.32 Å². The molecule has 0 spiro atoms. The minimum Gasteiger partial charge on any atom is -0.480 e. The maximum Gasteiger partial charge on any atom is 0.328 e. The van der Waals surface area contributed by atoms with Gasteiger partial charge in [-0.1, -0.05) is 0 Å². The molecule has 2 atom stereocenters. The van der Waals surface area contributed by atoms with Crippen LogP contribution in [0.2, 0.25) is 0 Å². The molecule has 0 aliphatic rings. The zero-order valence-electron chi connectivity index (χ0n) is 9.86. The quantitative estimate of drug-likeness (QED) is 0.617. The maximum atomic E-state index is 10.7. The highest BCUT2D eigenvalue weighted by Gasteiger charge is 2.19. The SMILES string of the molecule is CCOCC(C)OCC(NC(C)=O)C(=O)O. The summed E-state index contributed by atoms with van der Waals surface area (Å²) in [5.74, 6) is -1.51. The lowest BCUT2D eigenvalue weighted by molar-refractivity contribution is -0.144. The molecule has 0 aliphatic heterocycles. The summed E-state index contributed by atoms with van der Waals surface area (Å²) in [4.78, 5) is 21.5. The smallest absolute Gasteiger partial charge is 0.328 e. The first-order valence-electron chi connectivity index (χ1n) is 5.16. The molecule has 2 unspecified atom stereocenters. The van der Waals surface area contributed by atoms with Crippen molar-refractivity contribution in [1.82, 2.24) is 5.32 Å². The van der Waals surface area contributed by atoms with Crippen LogP contribution in [0.1, 0.15) is 20.8 Å². The molecular weight excluding hydrogens is 214 g/mol. The topological polar surface area (TPSA) is 84.9 Å². The van der Waals surface area contributed by atoms with Crippen molar-refractivity contribution in [3.63, 3.8) is 0 Å².